The number of nitrogens with zero attached hydrogens (tertiary/aromatic N) is 3. The lowest BCUT2D eigenvalue weighted by atomic mass is 9.48. The van der Waals surface area contributed by atoms with E-state index in [0.29, 0.717) is 30.1 Å². The third kappa shape index (κ3) is 3.10. The lowest BCUT2D eigenvalue weighted by Crippen LogP contribution is -2.53. The molecule has 4 aliphatic carbocycles. The summed E-state index contributed by atoms with van der Waals surface area (Å²) in [5.74, 6) is 4.68. The van der Waals surface area contributed by atoms with Gasteiger partial charge in [-0.25, -0.2) is 0 Å². The summed E-state index contributed by atoms with van der Waals surface area (Å²) in [4.78, 5) is 14.7. The molecule has 0 spiro atoms. The van der Waals surface area contributed by atoms with Crippen LogP contribution in [0.2, 0.25) is 0 Å². The van der Waals surface area contributed by atoms with Gasteiger partial charge in [-0.05, 0) is 99.2 Å². The van der Waals surface area contributed by atoms with Gasteiger partial charge in [-0.15, -0.1) is 0 Å². The topological polar surface area (TPSA) is 68.0 Å². The average molecular weight is 400 g/mol. The Kier molecular flexibility index (Phi) is 4.69. The molecule has 1 aromatic rings. The molecule has 0 amide bonds. The van der Waals surface area contributed by atoms with Crippen LogP contribution in [-0.2, 0) is 11.3 Å². The Balaban J connectivity index is 1.33. The van der Waals surface area contributed by atoms with E-state index < -0.39 is 5.60 Å². The number of aromatic nitrogens is 3. The lowest BCUT2D eigenvalue weighted by Gasteiger charge is -2.58. The summed E-state index contributed by atoms with van der Waals surface area (Å²) in [6.45, 7) is 7.05. The Morgan fingerprint density at radius 1 is 1.07 bits per heavy atom. The van der Waals surface area contributed by atoms with Crippen LogP contribution in [0, 0.1) is 46.8 Å². The van der Waals surface area contributed by atoms with Crippen molar-refractivity contribution in [2.75, 3.05) is 0 Å². The van der Waals surface area contributed by atoms with Gasteiger partial charge in [-0.3, -0.25) is 4.79 Å². The average Bonchev–Trinajstić information content (AvgIpc) is 3.29. The highest BCUT2D eigenvalue weighted by molar-refractivity contribution is 5.81. The zero-order valence-corrected chi connectivity index (χ0v) is 18.3. The molecule has 5 nitrogen and oxygen atoms in total. The number of aliphatic hydroxyl groups is 1. The van der Waals surface area contributed by atoms with Crippen molar-refractivity contribution in [3.05, 3.63) is 12.4 Å². The van der Waals surface area contributed by atoms with E-state index in [9.17, 15) is 9.90 Å². The predicted octanol–water partition coefficient (Wildman–Crippen LogP) is 4.11. The summed E-state index contributed by atoms with van der Waals surface area (Å²) in [5, 5.41) is 19.1. The fraction of sp³-hybridized carbons (Fsp3) is 0.875. The zero-order valence-electron chi connectivity index (χ0n) is 18.3. The number of ketones is 1. The molecule has 4 fully saturated rings. The van der Waals surface area contributed by atoms with Crippen LogP contribution in [0.1, 0.15) is 72.1 Å². The maximum Gasteiger partial charge on any atom is 0.159 e. The van der Waals surface area contributed by atoms with E-state index in [1.807, 2.05) is 0 Å². The SMILES string of the molecule is C[C@H]1C[C@H]2[C@@H](CC[C@@H]3[C@@H]2CC[C@]2(C)[C@@H](C(=O)Cn4nccn4)CC[C@@H]32)C[C@]1(C)O. The van der Waals surface area contributed by atoms with Crippen LogP contribution in [0.5, 0.6) is 0 Å². The molecular weight excluding hydrogens is 362 g/mol. The van der Waals surface area contributed by atoms with Crippen molar-refractivity contribution in [2.45, 2.75) is 84.3 Å². The smallest absolute Gasteiger partial charge is 0.159 e. The first-order valence-electron chi connectivity index (χ1n) is 11.9. The van der Waals surface area contributed by atoms with Crippen LogP contribution >= 0.6 is 0 Å². The third-order valence-corrected chi connectivity index (χ3v) is 10.0. The molecule has 1 aromatic heterocycles. The summed E-state index contributed by atoms with van der Waals surface area (Å²) in [5.41, 5.74) is -0.327. The zero-order chi connectivity index (χ0) is 20.4. The molecule has 1 N–H and O–H groups in total. The maximum absolute atomic E-state index is 13.1. The summed E-state index contributed by atoms with van der Waals surface area (Å²) < 4.78 is 0. The fourth-order valence-electron chi connectivity index (χ4n) is 8.35. The molecule has 0 aliphatic heterocycles. The summed E-state index contributed by atoms with van der Waals surface area (Å²) in [7, 11) is 0. The molecule has 5 heteroatoms. The van der Waals surface area contributed by atoms with Crippen molar-refractivity contribution in [3.63, 3.8) is 0 Å². The van der Waals surface area contributed by atoms with Gasteiger partial charge in [0.05, 0.1) is 18.0 Å². The van der Waals surface area contributed by atoms with Crippen LogP contribution in [0.15, 0.2) is 12.4 Å². The molecular formula is C24H37N3O2. The van der Waals surface area contributed by atoms with Crippen molar-refractivity contribution < 1.29 is 9.90 Å². The molecule has 0 bridgehead atoms. The van der Waals surface area contributed by atoms with Gasteiger partial charge in [0.15, 0.2) is 5.78 Å². The summed E-state index contributed by atoms with van der Waals surface area (Å²) in [6, 6.07) is 0. The summed E-state index contributed by atoms with van der Waals surface area (Å²) >= 11 is 0. The Morgan fingerprint density at radius 3 is 2.59 bits per heavy atom. The van der Waals surface area contributed by atoms with Crippen molar-refractivity contribution in [2.24, 2.45) is 46.8 Å². The number of hydrogen-bond acceptors (Lipinski definition) is 4. The van der Waals surface area contributed by atoms with Crippen LogP contribution in [0.25, 0.3) is 0 Å². The molecule has 0 radical (unpaired) electrons. The van der Waals surface area contributed by atoms with Crippen LogP contribution in [0.4, 0.5) is 0 Å². The number of rotatable bonds is 3. The predicted molar refractivity (Wildman–Crippen MR) is 111 cm³/mol. The highest BCUT2D eigenvalue weighted by Crippen LogP contribution is 2.65. The van der Waals surface area contributed by atoms with Gasteiger partial charge < -0.3 is 5.11 Å². The normalized spacial score (nSPS) is 49.2. The Labute approximate surface area is 174 Å². The van der Waals surface area contributed by atoms with Crippen molar-refractivity contribution in [1.82, 2.24) is 15.0 Å². The molecule has 4 saturated carbocycles. The Morgan fingerprint density at radius 2 is 1.83 bits per heavy atom. The molecule has 29 heavy (non-hydrogen) atoms. The van der Waals surface area contributed by atoms with Gasteiger partial charge in [0, 0.05) is 5.92 Å². The monoisotopic (exact) mass is 399 g/mol. The number of Topliss-reactive ketones (excluding diaryl/α,β-unsaturated/α-hetero) is 1. The Hall–Kier alpha value is -1.23. The number of fused-ring (bicyclic) bond motifs is 5. The van der Waals surface area contributed by atoms with E-state index in [1.165, 1.54) is 38.5 Å². The molecule has 0 unspecified atom stereocenters. The van der Waals surface area contributed by atoms with Gasteiger partial charge in [0.1, 0.15) is 6.54 Å². The van der Waals surface area contributed by atoms with E-state index in [0.717, 1.165) is 30.6 Å². The lowest BCUT2D eigenvalue weighted by molar-refractivity contribution is -0.137. The van der Waals surface area contributed by atoms with Gasteiger partial charge in [-0.1, -0.05) is 13.8 Å². The summed E-state index contributed by atoms with van der Waals surface area (Å²) in [6.07, 6.45) is 12.8. The maximum atomic E-state index is 13.1. The van der Waals surface area contributed by atoms with Gasteiger partial charge in [0.25, 0.3) is 0 Å². The van der Waals surface area contributed by atoms with Crippen molar-refractivity contribution in [1.29, 1.82) is 0 Å². The van der Waals surface area contributed by atoms with Crippen LogP contribution < -0.4 is 0 Å². The third-order valence-electron chi connectivity index (χ3n) is 10.0. The van der Waals surface area contributed by atoms with Gasteiger partial charge in [0.2, 0.25) is 0 Å². The minimum Gasteiger partial charge on any atom is -0.390 e. The quantitative estimate of drug-likeness (QED) is 0.830. The number of carbonyl (C=O) groups excluding carboxylic acids is 1. The van der Waals surface area contributed by atoms with Crippen LogP contribution in [-0.4, -0.2) is 31.5 Å². The first-order valence-corrected chi connectivity index (χ1v) is 11.9. The molecule has 9 atom stereocenters. The van der Waals surface area contributed by atoms with Crippen molar-refractivity contribution in [3.8, 4) is 0 Å². The molecule has 5 rings (SSSR count). The van der Waals surface area contributed by atoms with E-state index >= 15 is 0 Å². The number of carbonyl (C=O) groups is 1. The molecule has 4 aliphatic rings. The standard InChI is InChI=1S/C24H37N3O2/c1-15-12-19-16(13-24(15,3)29)4-5-18-17(19)8-9-23(2)20(18)6-7-21(23)22(28)14-27-25-10-11-26-27/h10-11,15-21,29H,4-9,12-14H2,1-3H3/t15-,16-,17-,18+,19-,20-,21+,23-,24-/m0/s1. The van der Waals surface area contributed by atoms with Gasteiger partial charge >= 0.3 is 0 Å². The highest BCUT2D eigenvalue weighted by Gasteiger charge is 2.59. The first-order chi connectivity index (χ1) is 13.8. The van der Waals surface area contributed by atoms with Gasteiger partial charge in [-0.2, -0.15) is 15.0 Å². The second-order valence-corrected chi connectivity index (χ2v) is 11.3. The minimum atomic E-state index is -0.484. The first kappa shape index (κ1) is 19.7. The highest BCUT2D eigenvalue weighted by atomic mass is 16.3. The van der Waals surface area contributed by atoms with E-state index in [-0.39, 0.29) is 11.3 Å². The van der Waals surface area contributed by atoms with E-state index in [1.54, 1.807) is 17.2 Å². The second kappa shape index (κ2) is 6.90. The largest absolute Gasteiger partial charge is 0.390 e. The second-order valence-electron chi connectivity index (χ2n) is 11.3. The van der Waals surface area contributed by atoms with Crippen molar-refractivity contribution >= 4 is 5.78 Å². The molecule has 1 heterocycles. The Bertz CT molecular complexity index is 760. The number of hydrogen-bond donors (Lipinski definition) is 1. The minimum absolute atomic E-state index is 0.157. The molecule has 0 aromatic carbocycles. The van der Waals surface area contributed by atoms with E-state index in [4.69, 9.17) is 0 Å². The van der Waals surface area contributed by atoms with Crippen LogP contribution in [0.3, 0.4) is 0 Å². The van der Waals surface area contributed by atoms with E-state index in [2.05, 4.69) is 31.0 Å². The fourth-order valence-corrected chi connectivity index (χ4v) is 8.35. The molecule has 0 saturated heterocycles. The molecule has 160 valence electrons.